The Morgan fingerprint density at radius 3 is 2.34 bits per heavy atom. The maximum Gasteiger partial charge on any atom is 0.143 e. The Hall–Kier alpha value is -3.32. The van der Waals surface area contributed by atoms with Gasteiger partial charge in [0, 0.05) is 21.8 Å². The Balaban J connectivity index is 1.69. The highest BCUT2D eigenvalue weighted by Gasteiger charge is 2.40. The number of rotatable bonds is 0. The van der Waals surface area contributed by atoms with Crippen molar-refractivity contribution >= 4 is 21.9 Å². The van der Waals surface area contributed by atoms with Gasteiger partial charge in [0.15, 0.2) is 0 Å². The lowest BCUT2D eigenvalue weighted by molar-refractivity contribution is 0.653. The summed E-state index contributed by atoms with van der Waals surface area (Å²) in [4.78, 5) is 0. The van der Waals surface area contributed by atoms with E-state index in [4.69, 9.17) is 4.42 Å². The average molecular weight is 372 g/mol. The van der Waals surface area contributed by atoms with Crippen LogP contribution in [0.3, 0.4) is 0 Å². The van der Waals surface area contributed by atoms with Crippen LogP contribution >= 0.6 is 0 Å². The fourth-order valence-corrected chi connectivity index (χ4v) is 5.71. The smallest absolute Gasteiger partial charge is 0.143 e. The molecule has 2 aliphatic carbocycles. The molecule has 0 aliphatic heterocycles. The first kappa shape index (κ1) is 15.6. The number of fused-ring (bicyclic) bond motifs is 11. The molecule has 0 saturated heterocycles. The molecular formula is C28H20O. The summed E-state index contributed by atoms with van der Waals surface area (Å²) in [5.74, 6) is 0. The van der Waals surface area contributed by atoms with Crippen LogP contribution in [0.15, 0.2) is 77.2 Å². The third-order valence-corrected chi connectivity index (χ3v) is 7.10. The summed E-state index contributed by atoms with van der Waals surface area (Å²) in [6, 6.07) is 26.5. The SMILES string of the molecule is CC1(C)c2ccc3c(c2-c2c1ccc1c2oc2ccccc21)-c1ccccc1C3. The van der Waals surface area contributed by atoms with Crippen LogP contribution < -0.4 is 0 Å². The average Bonchev–Trinajstić information content (AvgIpc) is 3.36. The second-order valence-corrected chi connectivity index (χ2v) is 8.94. The van der Waals surface area contributed by atoms with Crippen molar-refractivity contribution in [2.24, 2.45) is 0 Å². The number of benzene rings is 4. The molecule has 1 aromatic heterocycles. The monoisotopic (exact) mass is 372 g/mol. The molecule has 0 atom stereocenters. The van der Waals surface area contributed by atoms with Gasteiger partial charge in [0.05, 0.1) is 0 Å². The molecular weight excluding hydrogens is 352 g/mol. The van der Waals surface area contributed by atoms with E-state index in [0.717, 1.165) is 17.6 Å². The molecule has 0 amide bonds. The predicted octanol–water partition coefficient (Wildman–Crippen LogP) is 7.46. The van der Waals surface area contributed by atoms with Gasteiger partial charge in [-0.05, 0) is 51.4 Å². The normalized spacial score (nSPS) is 15.4. The first-order chi connectivity index (χ1) is 14.1. The molecule has 138 valence electrons. The molecule has 0 saturated carbocycles. The van der Waals surface area contributed by atoms with Crippen LogP contribution in [0.1, 0.15) is 36.1 Å². The van der Waals surface area contributed by atoms with Gasteiger partial charge in [-0.15, -0.1) is 0 Å². The lowest BCUT2D eigenvalue weighted by Crippen LogP contribution is -2.14. The van der Waals surface area contributed by atoms with E-state index < -0.39 is 0 Å². The third kappa shape index (κ3) is 1.77. The van der Waals surface area contributed by atoms with E-state index in [2.05, 4.69) is 86.6 Å². The van der Waals surface area contributed by atoms with Crippen LogP contribution in [0.5, 0.6) is 0 Å². The van der Waals surface area contributed by atoms with Gasteiger partial charge < -0.3 is 4.42 Å². The van der Waals surface area contributed by atoms with Crippen LogP contribution in [0.25, 0.3) is 44.2 Å². The van der Waals surface area contributed by atoms with Gasteiger partial charge >= 0.3 is 0 Å². The van der Waals surface area contributed by atoms with E-state index in [-0.39, 0.29) is 5.41 Å². The molecule has 2 aliphatic rings. The van der Waals surface area contributed by atoms with E-state index in [0.29, 0.717) is 0 Å². The molecule has 0 radical (unpaired) electrons. The molecule has 1 heteroatoms. The van der Waals surface area contributed by atoms with Crippen molar-refractivity contribution in [3.05, 3.63) is 95.1 Å². The minimum atomic E-state index is -0.0373. The molecule has 4 aromatic carbocycles. The van der Waals surface area contributed by atoms with Crippen molar-refractivity contribution in [3.8, 4) is 22.3 Å². The number of para-hydroxylation sites is 1. The van der Waals surface area contributed by atoms with Crippen LogP contribution in [0.4, 0.5) is 0 Å². The van der Waals surface area contributed by atoms with Crippen molar-refractivity contribution in [2.75, 3.05) is 0 Å². The first-order valence-electron chi connectivity index (χ1n) is 10.3. The summed E-state index contributed by atoms with van der Waals surface area (Å²) in [6.07, 6.45) is 1.02. The summed E-state index contributed by atoms with van der Waals surface area (Å²) >= 11 is 0. The second kappa shape index (κ2) is 4.99. The van der Waals surface area contributed by atoms with Crippen LogP contribution in [0, 0.1) is 0 Å². The molecule has 1 heterocycles. The van der Waals surface area contributed by atoms with Gasteiger partial charge in [-0.1, -0.05) is 80.6 Å². The van der Waals surface area contributed by atoms with Gasteiger partial charge in [-0.2, -0.15) is 0 Å². The third-order valence-electron chi connectivity index (χ3n) is 7.10. The maximum atomic E-state index is 6.49. The molecule has 7 rings (SSSR count). The van der Waals surface area contributed by atoms with Gasteiger partial charge in [-0.25, -0.2) is 0 Å². The maximum absolute atomic E-state index is 6.49. The van der Waals surface area contributed by atoms with E-state index in [1.807, 2.05) is 0 Å². The number of furan rings is 1. The Bertz CT molecular complexity index is 1500. The zero-order valence-electron chi connectivity index (χ0n) is 16.5. The molecule has 29 heavy (non-hydrogen) atoms. The Kier molecular flexibility index (Phi) is 2.68. The topological polar surface area (TPSA) is 13.1 Å². The summed E-state index contributed by atoms with van der Waals surface area (Å²) < 4.78 is 6.49. The zero-order valence-corrected chi connectivity index (χ0v) is 16.5. The second-order valence-electron chi connectivity index (χ2n) is 8.94. The van der Waals surface area contributed by atoms with E-state index in [1.54, 1.807) is 0 Å². The standard InChI is InChI=1S/C28H20O/c1-28(2)21-13-11-17-15-16-7-3-4-8-18(16)24(17)25(21)26-22(28)14-12-20-19-9-5-6-10-23(19)29-27(20)26/h3-14H,15H2,1-2H3. The van der Waals surface area contributed by atoms with Gasteiger partial charge in [0.25, 0.3) is 0 Å². The van der Waals surface area contributed by atoms with Gasteiger partial charge in [0.2, 0.25) is 0 Å². The van der Waals surface area contributed by atoms with Crippen LogP contribution in [0.2, 0.25) is 0 Å². The van der Waals surface area contributed by atoms with Crippen molar-refractivity contribution in [1.29, 1.82) is 0 Å². The van der Waals surface area contributed by atoms with Gasteiger partial charge in [0.1, 0.15) is 11.2 Å². The quantitative estimate of drug-likeness (QED) is 0.270. The minimum absolute atomic E-state index is 0.0373. The van der Waals surface area contributed by atoms with Gasteiger partial charge in [-0.3, -0.25) is 0 Å². The Morgan fingerprint density at radius 1 is 0.655 bits per heavy atom. The molecule has 0 N–H and O–H groups in total. The summed E-state index contributed by atoms with van der Waals surface area (Å²) in [5.41, 5.74) is 13.1. The predicted molar refractivity (Wildman–Crippen MR) is 120 cm³/mol. The highest BCUT2D eigenvalue weighted by Crippen LogP contribution is 2.57. The fourth-order valence-electron chi connectivity index (χ4n) is 5.71. The Morgan fingerprint density at radius 2 is 1.41 bits per heavy atom. The molecule has 0 unspecified atom stereocenters. The van der Waals surface area contributed by atoms with Crippen LogP contribution in [-0.4, -0.2) is 0 Å². The first-order valence-corrected chi connectivity index (χ1v) is 10.3. The van der Waals surface area contributed by atoms with E-state index >= 15 is 0 Å². The molecule has 0 fully saturated rings. The largest absolute Gasteiger partial charge is 0.455 e. The molecule has 0 bridgehead atoms. The van der Waals surface area contributed by atoms with Crippen molar-refractivity contribution in [2.45, 2.75) is 25.7 Å². The lowest BCUT2D eigenvalue weighted by Gasteiger charge is -2.21. The summed E-state index contributed by atoms with van der Waals surface area (Å²) in [5, 5.41) is 2.41. The zero-order chi connectivity index (χ0) is 19.3. The van der Waals surface area contributed by atoms with E-state index in [9.17, 15) is 0 Å². The summed E-state index contributed by atoms with van der Waals surface area (Å²) in [6.45, 7) is 4.69. The lowest BCUT2D eigenvalue weighted by atomic mass is 9.81. The number of hydrogen-bond donors (Lipinski definition) is 0. The van der Waals surface area contributed by atoms with Crippen molar-refractivity contribution < 1.29 is 4.42 Å². The highest BCUT2D eigenvalue weighted by atomic mass is 16.3. The van der Waals surface area contributed by atoms with E-state index in [1.165, 1.54) is 55.3 Å². The summed E-state index contributed by atoms with van der Waals surface area (Å²) in [7, 11) is 0. The number of hydrogen-bond acceptors (Lipinski definition) is 1. The Labute approximate surface area is 169 Å². The fraction of sp³-hybridized carbons (Fsp3) is 0.143. The van der Waals surface area contributed by atoms with Crippen molar-refractivity contribution in [3.63, 3.8) is 0 Å². The highest BCUT2D eigenvalue weighted by molar-refractivity contribution is 6.13. The molecule has 1 nitrogen and oxygen atoms in total. The minimum Gasteiger partial charge on any atom is -0.455 e. The molecule has 5 aromatic rings. The molecule has 0 spiro atoms. The van der Waals surface area contributed by atoms with Crippen LogP contribution in [-0.2, 0) is 11.8 Å². The van der Waals surface area contributed by atoms with Crippen molar-refractivity contribution in [1.82, 2.24) is 0 Å².